The van der Waals surface area contributed by atoms with Gasteiger partial charge in [0.2, 0.25) is 0 Å². The average molecular weight is 252 g/mol. The van der Waals surface area contributed by atoms with Crippen LogP contribution in [0.1, 0.15) is 17.1 Å². The standard InChI is InChI=1S/C15H16N4/c1-11-4-2-7-14-17-18-15(19(11)14)9-8-12-5-3-6-13(16)10-12/h2-7,10H,8-9,16H2,1H3. The summed E-state index contributed by atoms with van der Waals surface area (Å²) in [5.41, 5.74) is 9.88. The second-order valence-corrected chi connectivity index (χ2v) is 4.72. The third kappa shape index (κ3) is 2.29. The summed E-state index contributed by atoms with van der Waals surface area (Å²) in [5, 5.41) is 8.47. The van der Waals surface area contributed by atoms with Crippen molar-refractivity contribution in [1.82, 2.24) is 14.6 Å². The molecule has 0 aliphatic rings. The molecule has 3 rings (SSSR count). The third-order valence-corrected chi connectivity index (χ3v) is 3.28. The van der Waals surface area contributed by atoms with E-state index < -0.39 is 0 Å². The highest BCUT2D eigenvalue weighted by Crippen LogP contribution is 2.12. The predicted octanol–water partition coefficient (Wildman–Crippen LogP) is 2.41. The Kier molecular flexibility index (Phi) is 2.91. The lowest BCUT2D eigenvalue weighted by atomic mass is 10.1. The summed E-state index contributed by atoms with van der Waals surface area (Å²) in [6.45, 7) is 2.07. The molecule has 0 saturated heterocycles. The Labute approximate surface area is 111 Å². The van der Waals surface area contributed by atoms with Gasteiger partial charge >= 0.3 is 0 Å². The Morgan fingerprint density at radius 3 is 2.74 bits per heavy atom. The zero-order valence-electron chi connectivity index (χ0n) is 10.9. The summed E-state index contributed by atoms with van der Waals surface area (Å²) < 4.78 is 2.10. The van der Waals surface area contributed by atoms with Crippen LogP contribution in [0.3, 0.4) is 0 Å². The summed E-state index contributed by atoms with van der Waals surface area (Å²) in [5.74, 6) is 0.996. The third-order valence-electron chi connectivity index (χ3n) is 3.28. The van der Waals surface area contributed by atoms with Crippen molar-refractivity contribution in [3.05, 3.63) is 59.5 Å². The maximum atomic E-state index is 5.79. The summed E-state index contributed by atoms with van der Waals surface area (Å²) in [4.78, 5) is 0. The van der Waals surface area contributed by atoms with E-state index in [4.69, 9.17) is 5.73 Å². The number of benzene rings is 1. The smallest absolute Gasteiger partial charge is 0.160 e. The van der Waals surface area contributed by atoms with Gasteiger partial charge in [-0.2, -0.15) is 0 Å². The number of fused-ring (bicyclic) bond motifs is 1. The van der Waals surface area contributed by atoms with Crippen molar-refractivity contribution >= 4 is 11.3 Å². The van der Waals surface area contributed by atoms with Crippen LogP contribution in [0.2, 0.25) is 0 Å². The van der Waals surface area contributed by atoms with E-state index in [0.717, 1.165) is 35.7 Å². The fourth-order valence-corrected chi connectivity index (χ4v) is 2.34. The van der Waals surface area contributed by atoms with E-state index in [1.807, 2.05) is 30.3 Å². The van der Waals surface area contributed by atoms with Gasteiger partial charge in [-0.15, -0.1) is 10.2 Å². The maximum Gasteiger partial charge on any atom is 0.160 e. The van der Waals surface area contributed by atoms with Crippen molar-refractivity contribution in [3.63, 3.8) is 0 Å². The molecule has 0 amide bonds. The lowest BCUT2D eigenvalue weighted by molar-refractivity contribution is 0.829. The van der Waals surface area contributed by atoms with Gasteiger partial charge in [0.05, 0.1) is 0 Å². The molecule has 0 saturated carbocycles. The van der Waals surface area contributed by atoms with E-state index in [1.165, 1.54) is 5.56 Å². The zero-order chi connectivity index (χ0) is 13.2. The van der Waals surface area contributed by atoms with Crippen LogP contribution >= 0.6 is 0 Å². The minimum atomic E-state index is 0.805. The molecule has 0 radical (unpaired) electrons. The Morgan fingerprint density at radius 2 is 1.89 bits per heavy atom. The highest BCUT2D eigenvalue weighted by molar-refractivity contribution is 5.41. The SMILES string of the molecule is Cc1cccc2nnc(CCc3cccc(N)c3)n12. The van der Waals surface area contributed by atoms with Gasteiger partial charge in [0.15, 0.2) is 5.65 Å². The normalized spacial score (nSPS) is 11.0. The first-order valence-corrected chi connectivity index (χ1v) is 6.38. The van der Waals surface area contributed by atoms with Gasteiger partial charge in [-0.3, -0.25) is 4.40 Å². The monoisotopic (exact) mass is 252 g/mol. The van der Waals surface area contributed by atoms with Crippen LogP contribution in [0.15, 0.2) is 42.5 Å². The van der Waals surface area contributed by atoms with Gasteiger partial charge in [-0.25, -0.2) is 0 Å². The summed E-state index contributed by atoms with van der Waals surface area (Å²) in [6, 6.07) is 14.0. The molecule has 19 heavy (non-hydrogen) atoms. The number of nitrogen functional groups attached to an aromatic ring is 1. The van der Waals surface area contributed by atoms with E-state index in [9.17, 15) is 0 Å². The number of hydrogen-bond acceptors (Lipinski definition) is 3. The molecule has 0 unspecified atom stereocenters. The van der Waals surface area contributed by atoms with Crippen LogP contribution < -0.4 is 5.73 Å². The lowest BCUT2D eigenvalue weighted by Gasteiger charge is -2.04. The molecule has 0 bridgehead atoms. The van der Waals surface area contributed by atoms with Crippen molar-refractivity contribution in [1.29, 1.82) is 0 Å². The fourth-order valence-electron chi connectivity index (χ4n) is 2.34. The molecule has 0 atom stereocenters. The first-order valence-electron chi connectivity index (χ1n) is 6.38. The largest absolute Gasteiger partial charge is 0.399 e. The Hall–Kier alpha value is -2.36. The summed E-state index contributed by atoms with van der Waals surface area (Å²) in [7, 11) is 0. The summed E-state index contributed by atoms with van der Waals surface area (Å²) in [6.07, 6.45) is 1.77. The molecular weight excluding hydrogens is 236 g/mol. The van der Waals surface area contributed by atoms with Crippen molar-refractivity contribution in [2.75, 3.05) is 5.73 Å². The molecule has 0 spiro atoms. The number of aryl methyl sites for hydroxylation is 3. The van der Waals surface area contributed by atoms with Gasteiger partial charge < -0.3 is 5.73 Å². The highest BCUT2D eigenvalue weighted by Gasteiger charge is 2.07. The van der Waals surface area contributed by atoms with Gasteiger partial charge in [0, 0.05) is 17.8 Å². The minimum Gasteiger partial charge on any atom is -0.399 e. The zero-order valence-corrected chi connectivity index (χ0v) is 10.9. The van der Waals surface area contributed by atoms with Crippen LogP contribution in [0.4, 0.5) is 5.69 Å². The van der Waals surface area contributed by atoms with E-state index in [0.29, 0.717) is 0 Å². The lowest BCUT2D eigenvalue weighted by Crippen LogP contribution is -2.01. The Morgan fingerprint density at radius 1 is 1.05 bits per heavy atom. The fraction of sp³-hybridized carbons (Fsp3) is 0.200. The van der Waals surface area contributed by atoms with Crippen molar-refractivity contribution < 1.29 is 0 Å². The maximum absolute atomic E-state index is 5.79. The van der Waals surface area contributed by atoms with Gasteiger partial charge in [-0.1, -0.05) is 18.2 Å². The summed E-state index contributed by atoms with van der Waals surface area (Å²) >= 11 is 0. The quantitative estimate of drug-likeness (QED) is 0.728. The number of nitrogens with zero attached hydrogens (tertiary/aromatic N) is 3. The molecular formula is C15H16N4. The van der Waals surface area contributed by atoms with Crippen LogP contribution in [-0.2, 0) is 12.8 Å². The molecule has 0 fully saturated rings. The van der Waals surface area contributed by atoms with Crippen LogP contribution in [0.25, 0.3) is 5.65 Å². The first-order chi connectivity index (χ1) is 9.24. The van der Waals surface area contributed by atoms with Gasteiger partial charge in [0.25, 0.3) is 0 Å². The molecule has 0 aliphatic carbocycles. The van der Waals surface area contributed by atoms with Crippen LogP contribution in [0.5, 0.6) is 0 Å². The second kappa shape index (κ2) is 4.72. The molecule has 4 heteroatoms. The molecule has 96 valence electrons. The van der Waals surface area contributed by atoms with Gasteiger partial charge in [0.1, 0.15) is 5.82 Å². The molecule has 2 aromatic heterocycles. The second-order valence-electron chi connectivity index (χ2n) is 4.72. The number of hydrogen-bond donors (Lipinski definition) is 1. The van der Waals surface area contributed by atoms with Crippen LogP contribution in [0, 0.1) is 6.92 Å². The number of aromatic nitrogens is 3. The van der Waals surface area contributed by atoms with Gasteiger partial charge in [-0.05, 0) is 43.2 Å². The van der Waals surface area contributed by atoms with E-state index in [-0.39, 0.29) is 0 Å². The van der Waals surface area contributed by atoms with E-state index >= 15 is 0 Å². The number of nitrogens with two attached hydrogens (primary N) is 1. The molecule has 1 aromatic carbocycles. The number of rotatable bonds is 3. The van der Waals surface area contributed by atoms with Crippen molar-refractivity contribution in [2.24, 2.45) is 0 Å². The number of pyridine rings is 1. The minimum absolute atomic E-state index is 0.805. The molecule has 2 N–H and O–H groups in total. The topological polar surface area (TPSA) is 56.2 Å². The number of anilines is 1. The van der Waals surface area contributed by atoms with E-state index in [1.54, 1.807) is 0 Å². The van der Waals surface area contributed by atoms with Crippen LogP contribution in [-0.4, -0.2) is 14.6 Å². The van der Waals surface area contributed by atoms with Crippen molar-refractivity contribution in [3.8, 4) is 0 Å². The first kappa shape index (κ1) is 11.7. The molecule has 4 nitrogen and oxygen atoms in total. The predicted molar refractivity (Wildman–Crippen MR) is 76.0 cm³/mol. The molecule has 3 aromatic rings. The average Bonchev–Trinajstić information content (AvgIpc) is 2.81. The van der Waals surface area contributed by atoms with Crippen molar-refractivity contribution in [2.45, 2.75) is 19.8 Å². The molecule has 0 aliphatic heterocycles. The Bertz CT molecular complexity index is 715. The molecule has 2 heterocycles. The Balaban J connectivity index is 1.86. The van der Waals surface area contributed by atoms with E-state index in [2.05, 4.69) is 33.7 Å². The highest BCUT2D eigenvalue weighted by atomic mass is 15.2.